The van der Waals surface area contributed by atoms with Crippen molar-refractivity contribution in [2.45, 2.75) is 32.2 Å². The molecular formula is C15H19IO5. The Morgan fingerprint density at radius 3 is 2.76 bits per heavy atom. The molecule has 1 heterocycles. The third kappa shape index (κ3) is 4.31. The molecule has 1 aromatic carbocycles. The number of hydrogen-bond acceptors (Lipinski definition) is 5. The molecule has 21 heavy (non-hydrogen) atoms. The SMILES string of the molecule is COCc1cc(OC2CCCCO2)cc(OC)c1C(=O)I. The highest BCUT2D eigenvalue weighted by Gasteiger charge is 2.20. The van der Waals surface area contributed by atoms with Gasteiger partial charge in [0.1, 0.15) is 11.5 Å². The average molecular weight is 406 g/mol. The molecule has 0 aliphatic carbocycles. The average Bonchev–Trinajstić information content (AvgIpc) is 2.47. The van der Waals surface area contributed by atoms with Crippen LogP contribution in [0.15, 0.2) is 12.1 Å². The fourth-order valence-corrected chi connectivity index (χ4v) is 2.93. The maximum absolute atomic E-state index is 11.8. The molecule has 6 heteroatoms. The van der Waals surface area contributed by atoms with E-state index in [9.17, 15) is 4.79 Å². The molecule has 0 saturated carbocycles. The first kappa shape index (κ1) is 16.5. The molecule has 2 rings (SSSR count). The number of rotatable bonds is 6. The van der Waals surface area contributed by atoms with E-state index in [-0.39, 0.29) is 10.1 Å². The fraction of sp³-hybridized carbons (Fsp3) is 0.533. The summed E-state index contributed by atoms with van der Waals surface area (Å²) in [6.45, 7) is 1.04. The second kappa shape index (κ2) is 7.95. The second-order valence-corrected chi connectivity index (χ2v) is 5.76. The largest absolute Gasteiger partial charge is 0.496 e. The van der Waals surface area contributed by atoms with Crippen molar-refractivity contribution >= 4 is 26.4 Å². The maximum atomic E-state index is 11.8. The number of ether oxygens (including phenoxy) is 4. The molecule has 1 saturated heterocycles. The third-order valence-electron chi connectivity index (χ3n) is 3.28. The Kier molecular flexibility index (Phi) is 6.25. The Hall–Kier alpha value is -0.860. The summed E-state index contributed by atoms with van der Waals surface area (Å²) in [6.07, 6.45) is 2.80. The van der Waals surface area contributed by atoms with Crippen LogP contribution >= 0.6 is 22.6 Å². The number of benzene rings is 1. The van der Waals surface area contributed by atoms with Gasteiger partial charge in [-0.05, 0) is 24.5 Å². The Balaban J connectivity index is 2.29. The van der Waals surface area contributed by atoms with Crippen LogP contribution < -0.4 is 9.47 Å². The van der Waals surface area contributed by atoms with Gasteiger partial charge in [-0.15, -0.1) is 0 Å². The summed E-state index contributed by atoms with van der Waals surface area (Å²) in [6, 6.07) is 3.54. The predicted octanol–water partition coefficient (Wildman–Crippen LogP) is 3.32. The highest BCUT2D eigenvalue weighted by atomic mass is 127. The summed E-state index contributed by atoms with van der Waals surface area (Å²) in [5, 5.41) is 0. The Labute approximate surface area is 138 Å². The van der Waals surface area contributed by atoms with E-state index in [1.807, 2.05) is 6.07 Å². The molecule has 1 fully saturated rings. The highest BCUT2D eigenvalue weighted by molar-refractivity contribution is 14.1. The van der Waals surface area contributed by atoms with Crippen molar-refractivity contribution in [1.82, 2.24) is 0 Å². The van der Waals surface area contributed by atoms with Crippen molar-refractivity contribution in [2.24, 2.45) is 0 Å². The minimum absolute atomic E-state index is 0.0861. The number of halogens is 1. The maximum Gasteiger partial charge on any atom is 0.226 e. The zero-order valence-electron chi connectivity index (χ0n) is 12.2. The van der Waals surface area contributed by atoms with Crippen LogP contribution in [0, 0.1) is 0 Å². The first-order valence-corrected chi connectivity index (χ1v) is 7.91. The molecule has 0 bridgehead atoms. The lowest BCUT2D eigenvalue weighted by molar-refractivity contribution is -0.106. The minimum atomic E-state index is -0.236. The topological polar surface area (TPSA) is 54.0 Å². The lowest BCUT2D eigenvalue weighted by atomic mass is 10.1. The Morgan fingerprint density at radius 2 is 2.19 bits per heavy atom. The van der Waals surface area contributed by atoms with Gasteiger partial charge in [-0.2, -0.15) is 0 Å². The molecule has 0 radical (unpaired) electrons. The first-order chi connectivity index (χ1) is 10.2. The lowest BCUT2D eigenvalue weighted by Crippen LogP contribution is -2.25. The van der Waals surface area contributed by atoms with Gasteiger partial charge in [0.2, 0.25) is 3.79 Å². The molecule has 1 atom stereocenters. The van der Waals surface area contributed by atoms with E-state index in [2.05, 4.69) is 0 Å². The van der Waals surface area contributed by atoms with Crippen LogP contribution in [0.3, 0.4) is 0 Å². The van der Waals surface area contributed by atoms with Gasteiger partial charge in [-0.3, -0.25) is 4.79 Å². The van der Waals surface area contributed by atoms with E-state index < -0.39 is 0 Å². The lowest BCUT2D eigenvalue weighted by Gasteiger charge is -2.24. The van der Waals surface area contributed by atoms with Crippen LogP contribution in [0.25, 0.3) is 0 Å². The van der Waals surface area contributed by atoms with Crippen molar-refractivity contribution in [2.75, 3.05) is 20.8 Å². The molecular weight excluding hydrogens is 387 g/mol. The highest BCUT2D eigenvalue weighted by Crippen LogP contribution is 2.32. The van der Waals surface area contributed by atoms with Gasteiger partial charge in [0, 0.05) is 42.2 Å². The molecule has 0 amide bonds. The molecule has 1 aliphatic heterocycles. The molecule has 0 N–H and O–H groups in total. The number of carbonyl (C=O) groups is 1. The van der Waals surface area contributed by atoms with Gasteiger partial charge in [0.05, 0.1) is 25.9 Å². The van der Waals surface area contributed by atoms with Crippen LogP contribution in [0.1, 0.15) is 35.2 Å². The van der Waals surface area contributed by atoms with E-state index in [0.717, 1.165) is 31.4 Å². The summed E-state index contributed by atoms with van der Waals surface area (Å²) >= 11 is 1.75. The van der Waals surface area contributed by atoms with Gasteiger partial charge >= 0.3 is 0 Å². The normalized spacial score (nSPS) is 18.3. The number of hydrogen-bond donors (Lipinski definition) is 0. The summed E-state index contributed by atoms with van der Waals surface area (Å²) in [5.41, 5.74) is 1.28. The van der Waals surface area contributed by atoms with E-state index in [1.54, 1.807) is 35.8 Å². The van der Waals surface area contributed by atoms with Crippen molar-refractivity contribution in [1.29, 1.82) is 0 Å². The van der Waals surface area contributed by atoms with E-state index in [4.69, 9.17) is 18.9 Å². The molecule has 1 unspecified atom stereocenters. The van der Waals surface area contributed by atoms with Crippen LogP contribution in [0.2, 0.25) is 0 Å². The van der Waals surface area contributed by atoms with E-state index in [0.29, 0.717) is 23.7 Å². The Bertz CT molecular complexity index is 497. The summed E-state index contributed by atoms with van der Waals surface area (Å²) < 4.78 is 21.8. The predicted molar refractivity (Wildman–Crippen MR) is 86.3 cm³/mol. The summed E-state index contributed by atoms with van der Waals surface area (Å²) in [4.78, 5) is 11.8. The van der Waals surface area contributed by atoms with Crippen molar-refractivity contribution in [3.8, 4) is 11.5 Å². The summed E-state index contributed by atoms with van der Waals surface area (Å²) in [5.74, 6) is 1.13. The van der Waals surface area contributed by atoms with Gasteiger partial charge in [-0.1, -0.05) is 0 Å². The molecule has 1 aromatic rings. The quantitative estimate of drug-likeness (QED) is 0.536. The zero-order chi connectivity index (χ0) is 15.2. The van der Waals surface area contributed by atoms with E-state index >= 15 is 0 Å². The van der Waals surface area contributed by atoms with Gasteiger partial charge in [0.15, 0.2) is 6.29 Å². The number of methoxy groups -OCH3 is 2. The van der Waals surface area contributed by atoms with Crippen LogP contribution in [-0.2, 0) is 16.1 Å². The van der Waals surface area contributed by atoms with Crippen molar-refractivity contribution in [3.05, 3.63) is 23.3 Å². The fourth-order valence-electron chi connectivity index (χ4n) is 2.32. The van der Waals surface area contributed by atoms with Gasteiger partial charge in [-0.25, -0.2) is 0 Å². The van der Waals surface area contributed by atoms with Gasteiger partial charge in [0.25, 0.3) is 0 Å². The third-order valence-corrected chi connectivity index (χ3v) is 3.82. The Morgan fingerprint density at radius 1 is 1.38 bits per heavy atom. The molecule has 116 valence electrons. The van der Waals surface area contributed by atoms with Crippen molar-refractivity contribution < 1.29 is 23.7 Å². The second-order valence-electron chi connectivity index (χ2n) is 4.78. The molecule has 5 nitrogen and oxygen atoms in total. The van der Waals surface area contributed by atoms with Gasteiger partial charge < -0.3 is 18.9 Å². The summed E-state index contributed by atoms with van der Waals surface area (Å²) in [7, 11) is 3.13. The van der Waals surface area contributed by atoms with Crippen molar-refractivity contribution in [3.63, 3.8) is 0 Å². The van der Waals surface area contributed by atoms with Crippen LogP contribution in [-0.4, -0.2) is 30.9 Å². The monoisotopic (exact) mass is 406 g/mol. The first-order valence-electron chi connectivity index (χ1n) is 6.83. The molecule has 1 aliphatic rings. The minimum Gasteiger partial charge on any atom is -0.496 e. The zero-order valence-corrected chi connectivity index (χ0v) is 14.3. The van der Waals surface area contributed by atoms with Crippen LogP contribution in [0.5, 0.6) is 11.5 Å². The molecule has 0 spiro atoms. The number of carbonyl (C=O) groups excluding carboxylic acids is 1. The standard InChI is InChI=1S/C15H19IO5/c1-18-9-10-7-11(21-13-5-3-4-6-20-13)8-12(19-2)14(10)15(16)17/h7-8,13H,3-6,9H2,1-2H3. The smallest absolute Gasteiger partial charge is 0.226 e. The molecule has 0 aromatic heterocycles. The van der Waals surface area contributed by atoms with E-state index in [1.165, 1.54) is 7.11 Å². The van der Waals surface area contributed by atoms with Crippen LogP contribution in [0.4, 0.5) is 0 Å².